The minimum atomic E-state index is -0.158. The molecule has 0 radical (unpaired) electrons. The van der Waals surface area contributed by atoms with Crippen LogP contribution < -0.4 is 0 Å². The molecule has 2 heterocycles. The molecule has 1 unspecified atom stereocenters. The molecule has 136 valence electrons. The number of dihydropyridines is 1. The molecular formula is C25H16N4. The fourth-order valence-electron chi connectivity index (χ4n) is 4.07. The van der Waals surface area contributed by atoms with E-state index in [-0.39, 0.29) is 6.04 Å². The molecule has 4 aromatic rings. The van der Waals surface area contributed by atoms with Crippen LogP contribution in [0.15, 0.2) is 83.9 Å². The second-order valence-corrected chi connectivity index (χ2v) is 7.07. The molecule has 0 bridgehead atoms. The maximum absolute atomic E-state index is 9.65. The zero-order valence-corrected chi connectivity index (χ0v) is 15.6. The Labute approximate surface area is 168 Å². The van der Waals surface area contributed by atoms with Gasteiger partial charge < -0.3 is 4.57 Å². The van der Waals surface area contributed by atoms with Gasteiger partial charge in [0.15, 0.2) is 0 Å². The van der Waals surface area contributed by atoms with Crippen molar-refractivity contribution in [2.45, 2.75) is 12.5 Å². The average Bonchev–Trinajstić information content (AvgIpc) is 3.13. The van der Waals surface area contributed by atoms with Gasteiger partial charge in [-0.25, -0.2) is 0 Å². The van der Waals surface area contributed by atoms with Crippen LogP contribution in [0.1, 0.15) is 23.6 Å². The molecule has 4 nitrogen and oxygen atoms in total. The van der Waals surface area contributed by atoms with Gasteiger partial charge in [-0.1, -0.05) is 42.5 Å². The first kappa shape index (κ1) is 17.0. The van der Waals surface area contributed by atoms with Crippen molar-refractivity contribution in [1.82, 2.24) is 4.57 Å². The zero-order chi connectivity index (χ0) is 19.8. The van der Waals surface area contributed by atoms with Crippen LogP contribution in [0.5, 0.6) is 0 Å². The number of benzene rings is 3. The quantitative estimate of drug-likeness (QED) is 0.458. The smallest absolute Gasteiger partial charge is 0.135 e. The van der Waals surface area contributed by atoms with Crippen molar-refractivity contribution >= 4 is 27.5 Å². The Kier molecular flexibility index (Phi) is 3.97. The summed E-state index contributed by atoms with van der Waals surface area (Å²) in [6.07, 6.45) is 4.43. The highest BCUT2D eigenvalue weighted by atomic mass is 15.0. The summed E-state index contributed by atoms with van der Waals surface area (Å²) in [6, 6.07) is 26.7. The predicted molar refractivity (Wildman–Crippen MR) is 115 cm³/mol. The van der Waals surface area contributed by atoms with Gasteiger partial charge in [-0.15, -0.1) is 0 Å². The van der Waals surface area contributed by atoms with E-state index >= 15 is 0 Å². The summed E-state index contributed by atoms with van der Waals surface area (Å²) in [5, 5.41) is 21.2. The Morgan fingerprint density at radius 2 is 1.55 bits per heavy atom. The number of hydrogen-bond acceptors (Lipinski definition) is 3. The van der Waals surface area contributed by atoms with Crippen molar-refractivity contribution in [1.29, 1.82) is 10.5 Å². The molecule has 0 N–H and O–H groups in total. The topological polar surface area (TPSA) is 64.9 Å². The predicted octanol–water partition coefficient (Wildman–Crippen LogP) is 5.62. The molecule has 1 atom stereocenters. The second kappa shape index (κ2) is 6.78. The lowest BCUT2D eigenvalue weighted by atomic mass is 9.98. The largest absolute Gasteiger partial charge is 0.309 e. The molecule has 0 spiro atoms. The second-order valence-electron chi connectivity index (χ2n) is 7.07. The molecular weight excluding hydrogens is 356 g/mol. The number of nitriles is 2. The maximum Gasteiger partial charge on any atom is 0.135 e. The summed E-state index contributed by atoms with van der Waals surface area (Å²) in [4.78, 5) is 4.54. The number of nitrogens with zero attached hydrogens (tertiary/aromatic N) is 4. The molecule has 1 aromatic heterocycles. The van der Waals surface area contributed by atoms with E-state index in [1.54, 1.807) is 6.08 Å². The van der Waals surface area contributed by atoms with Gasteiger partial charge in [-0.2, -0.15) is 10.5 Å². The summed E-state index contributed by atoms with van der Waals surface area (Å²) in [5.41, 5.74) is 5.07. The van der Waals surface area contributed by atoms with E-state index < -0.39 is 0 Å². The van der Waals surface area contributed by atoms with Crippen LogP contribution in [0.4, 0.5) is 0 Å². The summed E-state index contributed by atoms with van der Waals surface area (Å²) in [5.74, 6) is 0. The van der Waals surface area contributed by atoms with E-state index in [1.165, 1.54) is 10.8 Å². The normalized spacial score (nSPS) is 15.8. The van der Waals surface area contributed by atoms with Gasteiger partial charge in [0, 0.05) is 16.5 Å². The zero-order valence-electron chi connectivity index (χ0n) is 15.6. The van der Waals surface area contributed by atoms with Gasteiger partial charge in [0.1, 0.15) is 11.8 Å². The number of aromatic nitrogens is 1. The number of aliphatic imine (C=N–C) groups is 1. The molecule has 0 saturated heterocycles. The first-order chi connectivity index (χ1) is 14.3. The molecule has 5 rings (SSSR count). The molecule has 1 aliphatic rings. The number of hydrogen-bond donors (Lipinski definition) is 0. The van der Waals surface area contributed by atoms with Crippen molar-refractivity contribution in [2.75, 3.05) is 0 Å². The number of para-hydroxylation sites is 2. The van der Waals surface area contributed by atoms with E-state index in [9.17, 15) is 10.5 Å². The third-order valence-electron chi connectivity index (χ3n) is 5.34. The lowest BCUT2D eigenvalue weighted by molar-refractivity contribution is 0.736. The number of fused-ring (bicyclic) bond motifs is 3. The van der Waals surface area contributed by atoms with E-state index in [4.69, 9.17) is 0 Å². The van der Waals surface area contributed by atoms with Crippen LogP contribution in [0.3, 0.4) is 0 Å². The lowest BCUT2D eigenvalue weighted by Crippen LogP contribution is -2.05. The van der Waals surface area contributed by atoms with Crippen LogP contribution in [0.2, 0.25) is 0 Å². The van der Waals surface area contributed by atoms with E-state index in [0.717, 1.165) is 22.3 Å². The SMILES string of the molecule is N#CC1=NC(c2cc(C#N)cc(-n3c4ccccc4c4ccccc43)c2)CC=C1. The van der Waals surface area contributed by atoms with Crippen LogP contribution >= 0.6 is 0 Å². The van der Waals surface area contributed by atoms with Crippen LogP contribution in [0, 0.1) is 22.7 Å². The van der Waals surface area contributed by atoms with Crippen LogP contribution in [-0.4, -0.2) is 10.3 Å². The molecule has 4 heteroatoms. The van der Waals surface area contributed by atoms with Gasteiger partial charge in [0.25, 0.3) is 0 Å². The molecule has 0 aliphatic carbocycles. The van der Waals surface area contributed by atoms with Crippen molar-refractivity contribution in [3.63, 3.8) is 0 Å². The Morgan fingerprint density at radius 1 is 0.862 bits per heavy atom. The van der Waals surface area contributed by atoms with E-state index in [0.29, 0.717) is 17.7 Å². The lowest BCUT2D eigenvalue weighted by Gasteiger charge is -2.17. The number of rotatable bonds is 2. The minimum absolute atomic E-state index is 0.158. The average molecular weight is 372 g/mol. The highest BCUT2D eigenvalue weighted by Crippen LogP contribution is 2.34. The third kappa shape index (κ3) is 2.79. The van der Waals surface area contributed by atoms with Gasteiger partial charge >= 0.3 is 0 Å². The van der Waals surface area contributed by atoms with Crippen molar-refractivity contribution in [3.8, 4) is 17.8 Å². The Balaban J connectivity index is 1.78. The molecule has 0 fully saturated rings. The standard InChI is InChI=1S/C25H16N4/c26-15-17-12-18(23-9-5-6-19(16-27)28-23)14-20(13-17)29-24-10-3-1-7-21(24)22-8-2-4-11-25(22)29/h1-8,10-14,23H,9H2. The van der Waals surface area contributed by atoms with Crippen LogP contribution in [0.25, 0.3) is 27.5 Å². The highest BCUT2D eigenvalue weighted by molar-refractivity contribution is 6.09. The maximum atomic E-state index is 9.65. The minimum Gasteiger partial charge on any atom is -0.309 e. The first-order valence-electron chi connectivity index (χ1n) is 9.46. The fraction of sp³-hybridized carbons (Fsp3) is 0.0800. The molecule has 1 aliphatic heterocycles. The molecule has 0 amide bonds. The summed E-state index contributed by atoms with van der Waals surface area (Å²) >= 11 is 0. The Morgan fingerprint density at radius 3 is 2.21 bits per heavy atom. The molecule has 3 aromatic carbocycles. The van der Waals surface area contributed by atoms with Gasteiger partial charge in [-0.3, -0.25) is 4.99 Å². The van der Waals surface area contributed by atoms with E-state index in [2.05, 4.69) is 52.0 Å². The third-order valence-corrected chi connectivity index (χ3v) is 5.34. The van der Waals surface area contributed by atoms with Gasteiger partial charge in [0.05, 0.1) is 28.7 Å². The van der Waals surface area contributed by atoms with Crippen molar-refractivity contribution < 1.29 is 0 Å². The Bertz CT molecular complexity index is 1350. The Hall–Kier alpha value is -4.15. The summed E-state index contributed by atoms with van der Waals surface area (Å²) < 4.78 is 2.20. The molecule has 29 heavy (non-hydrogen) atoms. The summed E-state index contributed by atoms with van der Waals surface area (Å²) in [6.45, 7) is 0. The van der Waals surface area contributed by atoms with Gasteiger partial charge in [-0.05, 0) is 48.4 Å². The molecule has 0 saturated carbocycles. The summed E-state index contributed by atoms with van der Waals surface area (Å²) in [7, 11) is 0. The monoisotopic (exact) mass is 372 g/mol. The van der Waals surface area contributed by atoms with Crippen molar-refractivity contribution in [2.24, 2.45) is 4.99 Å². The van der Waals surface area contributed by atoms with Crippen LogP contribution in [-0.2, 0) is 0 Å². The van der Waals surface area contributed by atoms with Gasteiger partial charge in [0.2, 0.25) is 0 Å². The fourth-order valence-corrected chi connectivity index (χ4v) is 4.07. The highest BCUT2D eigenvalue weighted by Gasteiger charge is 2.17. The number of allylic oxidation sites excluding steroid dienone is 1. The van der Waals surface area contributed by atoms with E-state index in [1.807, 2.05) is 42.5 Å². The van der Waals surface area contributed by atoms with Crippen molar-refractivity contribution in [3.05, 3.63) is 90.0 Å². The first-order valence-corrected chi connectivity index (χ1v) is 9.46.